The van der Waals surface area contributed by atoms with E-state index in [1.165, 1.54) is 29.6 Å². The van der Waals surface area contributed by atoms with Gasteiger partial charge in [-0.2, -0.15) is 4.31 Å². The van der Waals surface area contributed by atoms with Gasteiger partial charge in [-0.3, -0.25) is 0 Å². The average molecular weight is 300 g/mol. The van der Waals surface area contributed by atoms with Gasteiger partial charge < -0.3 is 15.2 Å². The third-order valence-corrected chi connectivity index (χ3v) is 4.94. The second-order valence-electron chi connectivity index (χ2n) is 4.26. The lowest BCUT2D eigenvalue weighted by Gasteiger charge is -2.26. The highest BCUT2D eigenvalue weighted by molar-refractivity contribution is 7.89. The minimum atomic E-state index is -3.80. The van der Waals surface area contributed by atoms with Gasteiger partial charge in [0.15, 0.2) is 0 Å². The van der Waals surface area contributed by atoms with Crippen LogP contribution in [0.1, 0.15) is 10.4 Å². The molecule has 0 unspecified atom stereocenters. The molecule has 0 spiro atoms. The Morgan fingerprint density at radius 2 is 2.00 bits per heavy atom. The van der Waals surface area contributed by atoms with Crippen LogP contribution < -0.4 is 5.73 Å². The van der Waals surface area contributed by atoms with Gasteiger partial charge in [0.1, 0.15) is 0 Å². The molecule has 8 heteroatoms. The van der Waals surface area contributed by atoms with Gasteiger partial charge in [-0.1, -0.05) is 0 Å². The number of nitrogens with two attached hydrogens (primary N) is 1. The van der Waals surface area contributed by atoms with E-state index in [1.54, 1.807) is 0 Å². The van der Waals surface area contributed by atoms with Crippen molar-refractivity contribution in [3.63, 3.8) is 0 Å². The third-order valence-electron chi connectivity index (χ3n) is 3.00. The largest absolute Gasteiger partial charge is 0.465 e. The van der Waals surface area contributed by atoms with Crippen molar-refractivity contribution in [1.29, 1.82) is 0 Å². The van der Waals surface area contributed by atoms with E-state index in [0.717, 1.165) is 0 Å². The topological polar surface area (TPSA) is 98.9 Å². The Labute approximate surface area is 117 Å². The van der Waals surface area contributed by atoms with Crippen molar-refractivity contribution in [2.24, 2.45) is 0 Å². The zero-order valence-corrected chi connectivity index (χ0v) is 11.9. The smallest absolute Gasteiger partial charge is 0.339 e. The second-order valence-corrected chi connectivity index (χ2v) is 6.17. The van der Waals surface area contributed by atoms with Crippen molar-refractivity contribution < 1.29 is 22.7 Å². The molecule has 0 aliphatic carbocycles. The number of sulfonamides is 1. The van der Waals surface area contributed by atoms with Crippen LogP contribution in [-0.4, -0.2) is 52.1 Å². The van der Waals surface area contributed by atoms with Crippen molar-refractivity contribution in [2.45, 2.75) is 4.90 Å². The van der Waals surface area contributed by atoms with E-state index in [9.17, 15) is 13.2 Å². The monoisotopic (exact) mass is 300 g/mol. The normalized spacial score (nSPS) is 16.9. The number of carbonyl (C=O) groups is 1. The maximum absolute atomic E-state index is 12.6. The minimum absolute atomic E-state index is 0.0202. The van der Waals surface area contributed by atoms with Gasteiger partial charge in [-0.15, -0.1) is 0 Å². The van der Waals surface area contributed by atoms with Crippen LogP contribution in [-0.2, 0) is 19.5 Å². The summed E-state index contributed by atoms with van der Waals surface area (Å²) >= 11 is 0. The zero-order valence-electron chi connectivity index (χ0n) is 11.0. The van der Waals surface area contributed by atoms with Crippen LogP contribution in [0.15, 0.2) is 23.1 Å². The molecule has 0 saturated carbocycles. The van der Waals surface area contributed by atoms with E-state index >= 15 is 0 Å². The van der Waals surface area contributed by atoms with Gasteiger partial charge in [0.2, 0.25) is 10.0 Å². The summed E-state index contributed by atoms with van der Waals surface area (Å²) < 4.78 is 36.2. The number of benzene rings is 1. The van der Waals surface area contributed by atoms with Gasteiger partial charge in [-0.05, 0) is 18.2 Å². The van der Waals surface area contributed by atoms with Gasteiger partial charge >= 0.3 is 5.97 Å². The number of esters is 1. The van der Waals surface area contributed by atoms with Crippen molar-refractivity contribution in [3.05, 3.63) is 23.8 Å². The molecule has 1 heterocycles. The fourth-order valence-electron chi connectivity index (χ4n) is 1.96. The average Bonchev–Trinajstić information content (AvgIpc) is 2.47. The van der Waals surface area contributed by atoms with E-state index in [2.05, 4.69) is 4.74 Å². The molecule has 0 atom stereocenters. The SMILES string of the molecule is COC(=O)c1ccc(N)cc1S(=O)(=O)N1CCOCC1. The molecule has 0 aromatic heterocycles. The van der Waals surface area contributed by atoms with E-state index in [1.807, 2.05) is 0 Å². The lowest BCUT2D eigenvalue weighted by Crippen LogP contribution is -2.41. The third kappa shape index (κ3) is 2.77. The molecule has 2 rings (SSSR count). The Hall–Kier alpha value is -1.64. The predicted molar refractivity (Wildman–Crippen MR) is 71.8 cm³/mol. The van der Waals surface area contributed by atoms with Crippen molar-refractivity contribution in [1.82, 2.24) is 4.31 Å². The Kier molecular flexibility index (Phi) is 4.26. The summed E-state index contributed by atoms with van der Waals surface area (Å²) in [4.78, 5) is 11.6. The molecule has 1 aliphatic heterocycles. The fraction of sp³-hybridized carbons (Fsp3) is 0.417. The number of nitrogen functional groups attached to an aromatic ring is 1. The number of ether oxygens (including phenoxy) is 2. The minimum Gasteiger partial charge on any atom is -0.465 e. The van der Waals surface area contributed by atoms with E-state index < -0.39 is 16.0 Å². The van der Waals surface area contributed by atoms with E-state index in [4.69, 9.17) is 10.5 Å². The molecule has 1 aromatic rings. The molecule has 2 N–H and O–H groups in total. The van der Waals surface area contributed by atoms with Crippen LogP contribution in [0.3, 0.4) is 0 Å². The molecule has 1 aromatic carbocycles. The highest BCUT2D eigenvalue weighted by Crippen LogP contribution is 2.24. The molecular weight excluding hydrogens is 284 g/mol. The summed E-state index contributed by atoms with van der Waals surface area (Å²) in [7, 11) is -2.60. The Bertz CT molecular complexity index is 608. The highest BCUT2D eigenvalue weighted by Gasteiger charge is 2.30. The summed E-state index contributed by atoms with van der Waals surface area (Å²) in [6.07, 6.45) is 0. The molecule has 0 amide bonds. The van der Waals surface area contributed by atoms with Crippen LogP contribution >= 0.6 is 0 Å². The van der Waals surface area contributed by atoms with Gasteiger partial charge in [0, 0.05) is 18.8 Å². The van der Waals surface area contributed by atoms with Gasteiger partial charge in [-0.25, -0.2) is 13.2 Å². The Balaban J connectivity index is 2.49. The molecule has 0 radical (unpaired) electrons. The van der Waals surface area contributed by atoms with Crippen LogP contribution in [0, 0.1) is 0 Å². The summed E-state index contributed by atoms with van der Waals surface area (Å²) in [6.45, 7) is 1.15. The van der Waals surface area contributed by atoms with Crippen molar-refractivity contribution in [2.75, 3.05) is 39.1 Å². The molecule has 1 aliphatic rings. The molecule has 1 fully saturated rings. The fourth-order valence-corrected chi connectivity index (χ4v) is 3.58. The van der Waals surface area contributed by atoms with E-state index in [-0.39, 0.29) is 29.2 Å². The first-order chi connectivity index (χ1) is 9.46. The van der Waals surface area contributed by atoms with Crippen LogP contribution in [0.4, 0.5) is 5.69 Å². The van der Waals surface area contributed by atoms with Crippen LogP contribution in [0.25, 0.3) is 0 Å². The lowest BCUT2D eigenvalue weighted by atomic mass is 10.2. The standard InChI is InChI=1S/C12H16N2O5S/c1-18-12(15)10-3-2-9(13)8-11(10)20(16,17)14-4-6-19-7-5-14/h2-3,8H,4-7,13H2,1H3. The number of anilines is 1. The first kappa shape index (κ1) is 14.8. The number of hydrogen-bond acceptors (Lipinski definition) is 6. The second kappa shape index (κ2) is 5.78. The number of morpholine rings is 1. The lowest BCUT2D eigenvalue weighted by molar-refractivity contribution is 0.0595. The summed E-state index contributed by atoms with van der Waals surface area (Å²) in [5, 5.41) is 0. The molecule has 20 heavy (non-hydrogen) atoms. The maximum atomic E-state index is 12.6. The molecule has 110 valence electrons. The van der Waals surface area contributed by atoms with Crippen molar-refractivity contribution >= 4 is 21.7 Å². The number of carbonyl (C=O) groups excluding carboxylic acids is 1. The first-order valence-electron chi connectivity index (χ1n) is 6.02. The maximum Gasteiger partial charge on any atom is 0.339 e. The molecular formula is C12H16N2O5S. The molecule has 0 bridgehead atoms. The highest BCUT2D eigenvalue weighted by atomic mass is 32.2. The van der Waals surface area contributed by atoms with Crippen LogP contribution in [0.2, 0.25) is 0 Å². The van der Waals surface area contributed by atoms with Crippen LogP contribution in [0.5, 0.6) is 0 Å². The van der Waals surface area contributed by atoms with Gasteiger partial charge in [0.05, 0.1) is 30.8 Å². The number of rotatable bonds is 3. The Morgan fingerprint density at radius 3 is 2.60 bits per heavy atom. The summed E-state index contributed by atoms with van der Waals surface area (Å²) in [5.74, 6) is -0.711. The first-order valence-corrected chi connectivity index (χ1v) is 7.46. The number of hydrogen-bond donors (Lipinski definition) is 1. The number of methoxy groups -OCH3 is 1. The molecule has 1 saturated heterocycles. The predicted octanol–water partition coefficient (Wildman–Crippen LogP) is 0.0763. The van der Waals surface area contributed by atoms with Crippen molar-refractivity contribution in [3.8, 4) is 0 Å². The summed E-state index contributed by atoms with van der Waals surface area (Å²) in [6, 6.07) is 4.09. The Morgan fingerprint density at radius 1 is 1.35 bits per heavy atom. The van der Waals surface area contributed by atoms with E-state index in [0.29, 0.717) is 13.2 Å². The zero-order chi connectivity index (χ0) is 14.8. The quantitative estimate of drug-likeness (QED) is 0.627. The van der Waals surface area contributed by atoms with Gasteiger partial charge in [0.25, 0.3) is 0 Å². The summed E-state index contributed by atoms with van der Waals surface area (Å²) in [5.41, 5.74) is 5.88. The molecule has 7 nitrogen and oxygen atoms in total. The number of nitrogens with zero attached hydrogens (tertiary/aromatic N) is 1.